The average molecular weight is 1010 g/mol. The van der Waals surface area contributed by atoms with Gasteiger partial charge in [0.25, 0.3) is 5.91 Å². The van der Waals surface area contributed by atoms with Crippen LogP contribution < -0.4 is 31.3 Å². The Hall–Kier alpha value is -7.59. The number of methoxy groups -OCH3 is 1. The number of aliphatic imine (C=N–C) groups is 1. The number of imidazole rings is 1. The van der Waals surface area contributed by atoms with Gasteiger partial charge in [-0.2, -0.15) is 4.39 Å². The van der Waals surface area contributed by atoms with Crippen LogP contribution in [0.15, 0.2) is 53.9 Å². The number of rotatable bonds is 19. The number of carboxylic acid groups (broad SMARTS) is 1. The number of carboxylic acids is 1. The van der Waals surface area contributed by atoms with Gasteiger partial charge in [-0.05, 0) is 124 Å². The molecular formula is C49H66F2N10O11. The van der Waals surface area contributed by atoms with E-state index in [4.69, 9.17) is 18.9 Å². The van der Waals surface area contributed by atoms with E-state index in [1.54, 1.807) is 91.1 Å². The quantitative estimate of drug-likeness (QED) is 0.0230. The van der Waals surface area contributed by atoms with E-state index in [9.17, 15) is 38.3 Å². The fraction of sp³-hybridized carbons (Fsp3) is 0.490. The van der Waals surface area contributed by atoms with Crippen molar-refractivity contribution >= 4 is 59.2 Å². The number of anilines is 2. The minimum atomic E-state index is -1.15. The van der Waals surface area contributed by atoms with E-state index >= 15 is 4.39 Å². The number of aromatic nitrogens is 3. The number of nitrogens with zero attached hydrogens (tertiary/aromatic N) is 5. The Morgan fingerprint density at radius 1 is 0.833 bits per heavy atom. The van der Waals surface area contributed by atoms with Gasteiger partial charge < -0.3 is 50.6 Å². The molecule has 2 heterocycles. The average Bonchev–Trinajstić information content (AvgIpc) is 3.71. The molecular weight excluding hydrogens is 943 g/mol. The molecule has 0 fully saturated rings. The molecule has 0 aliphatic heterocycles. The zero-order chi connectivity index (χ0) is 53.6. The molecule has 0 unspecified atom stereocenters. The van der Waals surface area contributed by atoms with Gasteiger partial charge in [0.1, 0.15) is 22.8 Å². The molecule has 392 valence electrons. The van der Waals surface area contributed by atoms with Gasteiger partial charge >= 0.3 is 24.2 Å². The van der Waals surface area contributed by atoms with Gasteiger partial charge in [-0.1, -0.05) is 6.92 Å². The molecule has 6 N–H and O–H groups in total. The number of halogens is 2. The summed E-state index contributed by atoms with van der Waals surface area (Å²) >= 11 is 0. The Morgan fingerprint density at radius 3 is 2.15 bits per heavy atom. The second-order valence-corrected chi connectivity index (χ2v) is 19.3. The number of guanidine groups is 1. The summed E-state index contributed by atoms with van der Waals surface area (Å²) in [7, 11) is 1.24. The highest BCUT2D eigenvalue weighted by atomic mass is 19.2. The van der Waals surface area contributed by atoms with E-state index in [1.807, 2.05) is 6.92 Å². The third-order valence-corrected chi connectivity index (χ3v) is 9.87. The minimum Gasteiger partial charge on any atom is -0.494 e. The predicted octanol–water partition coefficient (Wildman–Crippen LogP) is 7.49. The summed E-state index contributed by atoms with van der Waals surface area (Å²) in [6, 6.07) is 6.65. The lowest BCUT2D eigenvalue weighted by Gasteiger charge is -2.28. The Labute approximate surface area is 416 Å². The topological polar surface area (TPSA) is 266 Å². The smallest absolute Gasteiger partial charge is 0.437 e. The molecule has 0 bridgehead atoms. The third kappa shape index (κ3) is 17.4. The molecule has 2 aromatic heterocycles. The third-order valence-electron chi connectivity index (χ3n) is 9.87. The molecule has 21 nitrogen and oxygen atoms in total. The lowest BCUT2D eigenvalue weighted by molar-refractivity contribution is -0.137. The van der Waals surface area contributed by atoms with Crippen LogP contribution in [-0.2, 0) is 30.2 Å². The number of hydrogen-bond acceptors (Lipinski definition) is 13. The molecule has 0 spiro atoms. The van der Waals surface area contributed by atoms with E-state index < -0.39 is 70.5 Å². The second kappa shape index (κ2) is 25.0. The van der Waals surface area contributed by atoms with Gasteiger partial charge in [0, 0.05) is 61.8 Å². The van der Waals surface area contributed by atoms with Crippen LogP contribution in [0.2, 0.25) is 0 Å². The summed E-state index contributed by atoms with van der Waals surface area (Å²) < 4.78 is 52.4. The summed E-state index contributed by atoms with van der Waals surface area (Å²) in [5, 5.41) is 23.5. The number of benzene rings is 2. The van der Waals surface area contributed by atoms with Crippen molar-refractivity contribution in [1.29, 1.82) is 0 Å². The Balaban J connectivity index is 1.42. The molecule has 72 heavy (non-hydrogen) atoms. The second-order valence-electron chi connectivity index (χ2n) is 19.3. The lowest BCUT2D eigenvalue weighted by atomic mass is 10.0. The van der Waals surface area contributed by atoms with Crippen LogP contribution in [0.1, 0.15) is 111 Å². The molecule has 5 amide bonds. The van der Waals surface area contributed by atoms with Crippen LogP contribution >= 0.6 is 0 Å². The fourth-order valence-electron chi connectivity index (χ4n) is 6.78. The number of amides is 5. The summed E-state index contributed by atoms with van der Waals surface area (Å²) in [5.74, 6) is -4.52. The van der Waals surface area contributed by atoms with Gasteiger partial charge in [0.05, 0.1) is 19.0 Å². The standard InChI is InChI=1S/C49H66F2N10O11/c1-12-29-27-30(57-39-40-56-28-34(60(40)26-24-52-39)32-19-20-35(69-11)38(51)37(32)50)17-18-31(29)41(64)53-22-23-54-42(65)33(58-44(66)70-47(2,3)4)15-13-21-55-43(59-45(67)71-48(5,6)7)61(25-14-16-36(62)63)46(68)72-49(8,9)10/h17-20,24,26-28,33H,12-16,21-23,25H2,1-11H3,(H,52,57)(H,53,64)(H,54,65)(H,58,66)(H,62,63)(H,55,59,67)/t33-/m0/s1. The van der Waals surface area contributed by atoms with Crippen molar-refractivity contribution in [2.45, 2.75) is 124 Å². The molecule has 23 heteroatoms. The first-order valence-corrected chi connectivity index (χ1v) is 23.3. The van der Waals surface area contributed by atoms with Crippen LogP contribution in [-0.4, -0.2) is 123 Å². The highest BCUT2D eigenvalue weighted by Gasteiger charge is 2.29. The van der Waals surface area contributed by atoms with Crippen LogP contribution in [0.3, 0.4) is 0 Å². The largest absolute Gasteiger partial charge is 0.494 e. The molecule has 2 aromatic carbocycles. The van der Waals surface area contributed by atoms with E-state index in [2.05, 4.69) is 41.5 Å². The Bertz CT molecular complexity index is 2620. The van der Waals surface area contributed by atoms with Crippen molar-refractivity contribution in [1.82, 2.24) is 40.5 Å². The summed E-state index contributed by atoms with van der Waals surface area (Å²) in [5.41, 5.74) is -0.577. The van der Waals surface area contributed by atoms with Crippen LogP contribution in [0.25, 0.3) is 16.9 Å². The summed E-state index contributed by atoms with van der Waals surface area (Å²) in [6.07, 6.45) is 1.98. The number of hydrogen-bond donors (Lipinski definition) is 6. The first-order chi connectivity index (χ1) is 33.7. The predicted molar refractivity (Wildman–Crippen MR) is 263 cm³/mol. The first kappa shape index (κ1) is 57.0. The Morgan fingerprint density at radius 2 is 1.51 bits per heavy atom. The maximum absolute atomic E-state index is 15.0. The summed E-state index contributed by atoms with van der Waals surface area (Å²) in [6.45, 7) is 16.5. The highest BCUT2D eigenvalue weighted by molar-refractivity contribution is 5.99. The van der Waals surface area contributed by atoms with Crippen molar-refractivity contribution < 1.29 is 61.6 Å². The van der Waals surface area contributed by atoms with Crippen molar-refractivity contribution in [3.8, 4) is 17.0 Å². The molecule has 0 radical (unpaired) electrons. The number of ether oxygens (including phenoxy) is 4. The minimum absolute atomic E-state index is 0.00557. The summed E-state index contributed by atoms with van der Waals surface area (Å²) in [4.78, 5) is 91.3. The van der Waals surface area contributed by atoms with Gasteiger partial charge in [-0.15, -0.1) is 4.99 Å². The van der Waals surface area contributed by atoms with E-state index in [1.165, 1.54) is 31.6 Å². The molecule has 4 rings (SSSR count). The zero-order valence-electron chi connectivity index (χ0n) is 42.6. The zero-order valence-corrected chi connectivity index (χ0v) is 42.6. The molecule has 0 saturated carbocycles. The van der Waals surface area contributed by atoms with Gasteiger partial charge in [-0.3, -0.25) is 18.8 Å². The fourth-order valence-corrected chi connectivity index (χ4v) is 6.78. The molecule has 0 saturated heterocycles. The highest BCUT2D eigenvalue weighted by Crippen LogP contribution is 2.32. The number of fused-ring (bicyclic) bond motifs is 1. The maximum Gasteiger partial charge on any atom is 0.437 e. The van der Waals surface area contributed by atoms with Crippen LogP contribution in [0, 0.1) is 11.6 Å². The molecule has 1 atom stereocenters. The first-order valence-electron chi connectivity index (χ1n) is 23.3. The van der Waals surface area contributed by atoms with Gasteiger partial charge in [-0.25, -0.2) is 33.6 Å². The van der Waals surface area contributed by atoms with Crippen molar-refractivity contribution in [2.24, 2.45) is 4.99 Å². The van der Waals surface area contributed by atoms with E-state index in [0.29, 0.717) is 34.7 Å². The van der Waals surface area contributed by atoms with Gasteiger partial charge in [0.2, 0.25) is 17.7 Å². The molecule has 0 aliphatic carbocycles. The maximum atomic E-state index is 15.0. The van der Waals surface area contributed by atoms with Crippen LogP contribution in [0.5, 0.6) is 5.75 Å². The van der Waals surface area contributed by atoms with Crippen LogP contribution in [0.4, 0.5) is 34.7 Å². The SMILES string of the molecule is CCc1cc(Nc2nccn3c(-c4ccc(OC)c(F)c4F)cnc23)ccc1C(=O)NCCNC(=O)[C@H](CCCN/C(=N/C(=O)OC(C)(C)C)N(CCCC(=O)O)C(=O)OC(C)(C)C)NC(=O)OC(C)(C)C. The number of aliphatic carboxylic acids is 1. The monoisotopic (exact) mass is 1010 g/mol. The number of carbonyl (C=O) groups excluding carboxylic acids is 5. The van der Waals surface area contributed by atoms with Gasteiger partial charge in [0.15, 0.2) is 23.0 Å². The van der Waals surface area contributed by atoms with Crippen molar-refractivity contribution in [3.05, 3.63) is 71.7 Å². The number of alkyl carbamates (subject to hydrolysis) is 1. The lowest BCUT2D eigenvalue weighted by Crippen LogP contribution is -2.50. The van der Waals surface area contributed by atoms with E-state index in [0.717, 1.165) is 4.90 Å². The van der Waals surface area contributed by atoms with E-state index in [-0.39, 0.29) is 74.8 Å². The molecule has 4 aromatic rings. The molecule has 0 aliphatic rings. The number of carbonyl (C=O) groups is 6. The normalized spacial score (nSPS) is 12.3. The Kier molecular flexibility index (Phi) is 19.8. The number of nitrogens with one attached hydrogen (secondary N) is 5. The van der Waals surface area contributed by atoms with Crippen molar-refractivity contribution in [2.75, 3.05) is 38.6 Å². The van der Waals surface area contributed by atoms with Crippen molar-refractivity contribution in [3.63, 3.8) is 0 Å². The number of aryl methyl sites for hydroxylation is 1.